The van der Waals surface area contributed by atoms with Crippen LogP contribution in [0.3, 0.4) is 0 Å². The van der Waals surface area contributed by atoms with Gasteiger partial charge in [0.2, 0.25) is 0 Å². The van der Waals surface area contributed by atoms with Crippen molar-refractivity contribution in [3.05, 3.63) is 23.0 Å². The van der Waals surface area contributed by atoms with Gasteiger partial charge in [-0.1, -0.05) is 0 Å². The average Bonchev–Trinajstić information content (AvgIpc) is 2.23. The molecule has 0 fully saturated rings. The number of hydrogen-bond acceptors (Lipinski definition) is 2. The first kappa shape index (κ1) is 9.53. The molecule has 74 valence electrons. The Labute approximate surface area is 83.0 Å². The van der Waals surface area contributed by atoms with Crippen molar-refractivity contribution in [3.8, 4) is 5.75 Å². The quantitative estimate of drug-likeness (QED) is 0.656. The molecule has 0 atom stereocenters. The SMILES string of the molecule is Cc1c(BO)cc(F)c2c1CCCO2. The lowest BCUT2D eigenvalue weighted by molar-refractivity contribution is 0.273. The highest BCUT2D eigenvalue weighted by atomic mass is 19.1. The summed E-state index contributed by atoms with van der Waals surface area (Å²) in [6.07, 6.45) is 1.76. The summed E-state index contributed by atoms with van der Waals surface area (Å²) in [5.74, 6) is 0.0281. The Morgan fingerprint density at radius 3 is 3.07 bits per heavy atom. The van der Waals surface area contributed by atoms with E-state index in [2.05, 4.69) is 0 Å². The third kappa shape index (κ3) is 1.40. The minimum atomic E-state index is -0.352. The molecule has 14 heavy (non-hydrogen) atoms. The summed E-state index contributed by atoms with van der Waals surface area (Å²) in [7, 11) is -0.115. The Morgan fingerprint density at radius 2 is 2.36 bits per heavy atom. The molecule has 1 heterocycles. The summed E-state index contributed by atoms with van der Waals surface area (Å²) in [4.78, 5) is 0. The monoisotopic (exact) mass is 194 g/mol. The van der Waals surface area contributed by atoms with E-state index < -0.39 is 0 Å². The van der Waals surface area contributed by atoms with Crippen molar-refractivity contribution in [2.45, 2.75) is 19.8 Å². The molecule has 1 aromatic carbocycles. The summed E-state index contributed by atoms with van der Waals surface area (Å²) in [5.41, 5.74) is 2.54. The molecule has 0 unspecified atom stereocenters. The first-order valence-corrected chi connectivity index (χ1v) is 4.78. The second-order valence-electron chi connectivity index (χ2n) is 3.56. The van der Waals surface area contributed by atoms with E-state index in [1.165, 1.54) is 6.07 Å². The molecule has 4 heteroatoms. The molecule has 0 spiro atoms. The standard InChI is InChI=1S/C10H12BFO2/c1-6-7-3-2-4-14-10(7)9(12)5-8(6)11-13/h5,11,13H,2-4H2,1H3. The van der Waals surface area contributed by atoms with Crippen LogP contribution in [0.5, 0.6) is 5.75 Å². The van der Waals surface area contributed by atoms with Crippen LogP contribution >= 0.6 is 0 Å². The molecule has 1 aliphatic rings. The lowest BCUT2D eigenvalue weighted by atomic mass is 9.81. The molecule has 0 aliphatic carbocycles. The van der Waals surface area contributed by atoms with Gasteiger partial charge in [0.05, 0.1) is 6.61 Å². The van der Waals surface area contributed by atoms with Gasteiger partial charge in [-0.05, 0) is 42.4 Å². The zero-order valence-corrected chi connectivity index (χ0v) is 8.14. The van der Waals surface area contributed by atoms with Gasteiger partial charge in [0.1, 0.15) is 0 Å². The topological polar surface area (TPSA) is 29.5 Å². The van der Waals surface area contributed by atoms with E-state index >= 15 is 0 Å². The van der Waals surface area contributed by atoms with Crippen LogP contribution in [-0.2, 0) is 6.42 Å². The summed E-state index contributed by atoms with van der Waals surface area (Å²) in [6, 6.07) is 1.36. The van der Waals surface area contributed by atoms with Crippen LogP contribution in [0.4, 0.5) is 4.39 Å². The van der Waals surface area contributed by atoms with Crippen LogP contribution in [0.15, 0.2) is 6.07 Å². The average molecular weight is 194 g/mol. The van der Waals surface area contributed by atoms with Gasteiger partial charge in [0.15, 0.2) is 11.6 Å². The molecule has 0 bridgehead atoms. The maximum Gasteiger partial charge on any atom is 0.305 e. The molecule has 2 nitrogen and oxygen atoms in total. The van der Waals surface area contributed by atoms with E-state index in [1.807, 2.05) is 6.92 Å². The highest BCUT2D eigenvalue weighted by molar-refractivity contribution is 6.46. The molecule has 0 aromatic heterocycles. The van der Waals surface area contributed by atoms with Crippen molar-refractivity contribution < 1.29 is 14.2 Å². The normalized spacial score (nSPS) is 14.5. The largest absolute Gasteiger partial charge is 0.490 e. The number of ether oxygens (including phenoxy) is 1. The van der Waals surface area contributed by atoms with Gasteiger partial charge in [0, 0.05) is 0 Å². The second kappa shape index (κ2) is 3.61. The summed E-state index contributed by atoms with van der Waals surface area (Å²) < 4.78 is 18.7. The Morgan fingerprint density at radius 1 is 1.57 bits per heavy atom. The highest BCUT2D eigenvalue weighted by Crippen LogP contribution is 2.29. The Bertz CT molecular complexity index is 366. The smallest absolute Gasteiger partial charge is 0.305 e. The van der Waals surface area contributed by atoms with Crippen LogP contribution in [-0.4, -0.2) is 19.1 Å². The van der Waals surface area contributed by atoms with Crippen LogP contribution in [0.2, 0.25) is 0 Å². The molecule has 0 saturated heterocycles. The summed E-state index contributed by atoms with van der Waals surface area (Å²) in [6.45, 7) is 2.49. The number of halogens is 1. The third-order valence-electron chi connectivity index (χ3n) is 2.71. The van der Waals surface area contributed by atoms with Gasteiger partial charge in [-0.3, -0.25) is 0 Å². The third-order valence-corrected chi connectivity index (χ3v) is 2.71. The highest BCUT2D eigenvalue weighted by Gasteiger charge is 2.19. The van der Waals surface area contributed by atoms with E-state index in [0.29, 0.717) is 17.8 Å². The lowest BCUT2D eigenvalue weighted by Crippen LogP contribution is -2.23. The molecule has 1 aromatic rings. The summed E-state index contributed by atoms with van der Waals surface area (Å²) in [5, 5.41) is 9.04. The van der Waals surface area contributed by atoms with Crippen LogP contribution < -0.4 is 10.2 Å². The van der Waals surface area contributed by atoms with Gasteiger partial charge in [-0.15, -0.1) is 0 Å². The van der Waals surface area contributed by atoms with Crippen molar-refractivity contribution in [2.24, 2.45) is 0 Å². The van der Waals surface area contributed by atoms with Crippen molar-refractivity contribution in [1.29, 1.82) is 0 Å². The van der Waals surface area contributed by atoms with Gasteiger partial charge in [-0.2, -0.15) is 0 Å². The van der Waals surface area contributed by atoms with Crippen molar-refractivity contribution >= 4 is 12.9 Å². The van der Waals surface area contributed by atoms with Gasteiger partial charge >= 0.3 is 7.48 Å². The first-order chi connectivity index (χ1) is 6.74. The molecular formula is C10H12BFO2. The Balaban J connectivity index is 2.58. The van der Waals surface area contributed by atoms with Crippen molar-refractivity contribution in [2.75, 3.05) is 6.61 Å². The molecule has 0 radical (unpaired) electrons. The maximum atomic E-state index is 13.5. The fourth-order valence-electron chi connectivity index (χ4n) is 1.88. The van der Waals surface area contributed by atoms with Crippen molar-refractivity contribution in [1.82, 2.24) is 0 Å². The van der Waals surface area contributed by atoms with Gasteiger partial charge in [0.25, 0.3) is 0 Å². The molecule has 0 amide bonds. The lowest BCUT2D eigenvalue weighted by Gasteiger charge is -2.21. The van der Waals surface area contributed by atoms with Crippen molar-refractivity contribution in [3.63, 3.8) is 0 Å². The number of hydrogen-bond donors (Lipinski definition) is 1. The number of rotatable bonds is 1. The van der Waals surface area contributed by atoms with E-state index in [4.69, 9.17) is 9.76 Å². The van der Waals surface area contributed by atoms with Gasteiger partial charge in [-0.25, -0.2) is 4.39 Å². The minimum Gasteiger partial charge on any atom is -0.490 e. The Kier molecular flexibility index (Phi) is 2.46. The number of fused-ring (bicyclic) bond motifs is 1. The fraction of sp³-hybridized carbons (Fsp3) is 0.400. The maximum absolute atomic E-state index is 13.5. The summed E-state index contributed by atoms with van der Waals surface area (Å²) >= 11 is 0. The minimum absolute atomic E-state index is 0.115. The van der Waals surface area contributed by atoms with Crippen LogP contribution in [0, 0.1) is 12.7 Å². The number of benzene rings is 1. The molecule has 1 N–H and O–H groups in total. The molecule has 2 rings (SSSR count). The van der Waals surface area contributed by atoms with E-state index in [0.717, 1.165) is 24.0 Å². The van der Waals surface area contributed by atoms with Crippen LogP contribution in [0.25, 0.3) is 0 Å². The van der Waals surface area contributed by atoms with E-state index in [-0.39, 0.29) is 13.3 Å². The van der Waals surface area contributed by atoms with E-state index in [1.54, 1.807) is 0 Å². The zero-order valence-electron chi connectivity index (χ0n) is 8.14. The predicted molar refractivity (Wildman–Crippen MR) is 54.0 cm³/mol. The second-order valence-corrected chi connectivity index (χ2v) is 3.56. The Hall–Kier alpha value is -1.03. The first-order valence-electron chi connectivity index (χ1n) is 4.78. The van der Waals surface area contributed by atoms with E-state index in [9.17, 15) is 4.39 Å². The van der Waals surface area contributed by atoms with Crippen LogP contribution in [0.1, 0.15) is 17.5 Å². The molecular weight excluding hydrogens is 182 g/mol. The zero-order chi connectivity index (χ0) is 10.1. The van der Waals surface area contributed by atoms with Gasteiger partial charge < -0.3 is 9.76 Å². The molecule has 1 aliphatic heterocycles. The molecule has 0 saturated carbocycles. The fourth-order valence-corrected chi connectivity index (χ4v) is 1.88. The predicted octanol–water partition coefficient (Wildman–Crippen LogP) is 0.428.